The second-order valence-corrected chi connectivity index (χ2v) is 7.40. The van der Waals surface area contributed by atoms with Gasteiger partial charge in [-0.15, -0.1) is 0 Å². The molecule has 0 saturated carbocycles. The van der Waals surface area contributed by atoms with Gasteiger partial charge in [-0.25, -0.2) is 0 Å². The van der Waals surface area contributed by atoms with Crippen LogP contribution in [0, 0.1) is 10.1 Å². The van der Waals surface area contributed by atoms with Gasteiger partial charge in [0.1, 0.15) is 18.2 Å². The lowest BCUT2D eigenvalue weighted by Crippen LogP contribution is -2.11. The van der Waals surface area contributed by atoms with Crippen molar-refractivity contribution in [3.8, 4) is 0 Å². The van der Waals surface area contributed by atoms with Crippen molar-refractivity contribution < 1.29 is 14.1 Å². The minimum Gasteiger partial charge on any atom is -0.454 e. The van der Waals surface area contributed by atoms with Crippen molar-refractivity contribution in [1.82, 2.24) is 9.78 Å². The minimum absolute atomic E-state index is 0.105. The third-order valence-corrected chi connectivity index (χ3v) is 5.22. The lowest BCUT2D eigenvalue weighted by Gasteiger charge is -2.10. The smallest absolute Gasteiger partial charge is 0.307 e. The molecule has 0 saturated heterocycles. The van der Waals surface area contributed by atoms with Crippen LogP contribution in [0.5, 0.6) is 0 Å². The second-order valence-electron chi connectivity index (χ2n) is 6.28. The van der Waals surface area contributed by atoms with Gasteiger partial charge in [0.15, 0.2) is 5.76 Å². The fraction of sp³-hybridized carbons (Fsp3) is 0.0476. The molecule has 2 aromatic carbocycles. The summed E-state index contributed by atoms with van der Waals surface area (Å²) in [7, 11) is 0. The summed E-state index contributed by atoms with van der Waals surface area (Å²) in [5.41, 5.74) is 0.573. The lowest BCUT2D eigenvalue weighted by molar-refractivity contribution is -0.385. The van der Waals surface area contributed by atoms with Crippen LogP contribution in [0.4, 0.5) is 11.4 Å². The van der Waals surface area contributed by atoms with E-state index in [1.54, 1.807) is 23.9 Å². The maximum atomic E-state index is 12.7. The molecule has 0 aliphatic heterocycles. The average Bonchev–Trinajstić information content (AvgIpc) is 3.41. The van der Waals surface area contributed by atoms with Crippen LogP contribution < -0.4 is 5.32 Å². The Hall–Kier alpha value is -3.85. The maximum absolute atomic E-state index is 12.7. The molecule has 4 aromatic rings. The predicted octanol–water partition coefficient (Wildman–Crippen LogP) is 4.84. The number of carbonyl (C=O) groups is 1. The standard InChI is InChI=1S/C21H16N4O4S/c26-21(19-11-10-16(29-19)14-24-13-15(12-22-24)25(27)28)23-18-8-4-5-9-20(18)30-17-6-2-1-3-7-17/h1-13H,14H2,(H,23,26). The first-order valence-electron chi connectivity index (χ1n) is 8.97. The maximum Gasteiger partial charge on any atom is 0.307 e. The zero-order chi connectivity index (χ0) is 20.9. The summed E-state index contributed by atoms with van der Waals surface area (Å²) in [4.78, 5) is 24.9. The van der Waals surface area contributed by atoms with Gasteiger partial charge in [0.2, 0.25) is 0 Å². The summed E-state index contributed by atoms with van der Waals surface area (Å²) in [5.74, 6) is 0.227. The van der Waals surface area contributed by atoms with Gasteiger partial charge in [0.05, 0.1) is 17.2 Å². The van der Waals surface area contributed by atoms with E-state index in [1.807, 2.05) is 54.6 Å². The second kappa shape index (κ2) is 8.66. The molecule has 1 amide bonds. The van der Waals surface area contributed by atoms with Crippen molar-refractivity contribution >= 4 is 29.0 Å². The largest absolute Gasteiger partial charge is 0.454 e. The topological polar surface area (TPSA) is 103 Å². The molecule has 0 aliphatic carbocycles. The molecule has 0 spiro atoms. The number of hydrogen-bond donors (Lipinski definition) is 1. The van der Waals surface area contributed by atoms with Crippen molar-refractivity contribution in [2.75, 3.05) is 5.32 Å². The molecule has 0 radical (unpaired) electrons. The third-order valence-electron chi connectivity index (χ3n) is 4.14. The molecule has 0 unspecified atom stereocenters. The van der Waals surface area contributed by atoms with Crippen molar-refractivity contribution in [1.29, 1.82) is 0 Å². The molecule has 30 heavy (non-hydrogen) atoms. The van der Waals surface area contributed by atoms with Gasteiger partial charge < -0.3 is 9.73 Å². The fourth-order valence-corrected chi connectivity index (χ4v) is 3.66. The summed E-state index contributed by atoms with van der Waals surface area (Å²) in [6.45, 7) is 0.182. The van der Waals surface area contributed by atoms with Gasteiger partial charge in [-0.2, -0.15) is 5.10 Å². The van der Waals surface area contributed by atoms with Crippen LogP contribution >= 0.6 is 11.8 Å². The number of para-hydroxylation sites is 1. The number of carbonyl (C=O) groups excluding carboxylic acids is 1. The Balaban J connectivity index is 1.45. The molecule has 9 heteroatoms. The van der Waals surface area contributed by atoms with Crippen LogP contribution in [0.2, 0.25) is 0 Å². The van der Waals surface area contributed by atoms with E-state index >= 15 is 0 Å². The van der Waals surface area contributed by atoms with Crippen LogP contribution in [0.1, 0.15) is 16.3 Å². The summed E-state index contributed by atoms with van der Waals surface area (Å²) >= 11 is 1.55. The highest BCUT2D eigenvalue weighted by molar-refractivity contribution is 7.99. The molecule has 0 atom stereocenters. The van der Waals surface area contributed by atoms with Gasteiger partial charge >= 0.3 is 5.69 Å². The van der Waals surface area contributed by atoms with Gasteiger partial charge in [-0.3, -0.25) is 19.6 Å². The van der Waals surface area contributed by atoms with E-state index in [0.717, 1.165) is 16.0 Å². The fourth-order valence-electron chi connectivity index (χ4n) is 2.74. The highest BCUT2D eigenvalue weighted by Gasteiger charge is 2.15. The molecular formula is C21H16N4O4S. The summed E-state index contributed by atoms with van der Waals surface area (Å²) in [6, 6.07) is 20.6. The van der Waals surface area contributed by atoms with Gasteiger partial charge in [-0.05, 0) is 36.4 Å². The van der Waals surface area contributed by atoms with E-state index < -0.39 is 4.92 Å². The van der Waals surface area contributed by atoms with Crippen LogP contribution in [-0.4, -0.2) is 20.6 Å². The number of aromatic nitrogens is 2. The molecular weight excluding hydrogens is 404 g/mol. The Morgan fingerprint density at radius 3 is 2.63 bits per heavy atom. The lowest BCUT2D eigenvalue weighted by atomic mass is 10.3. The Morgan fingerprint density at radius 2 is 1.87 bits per heavy atom. The van der Waals surface area contributed by atoms with Crippen LogP contribution in [0.3, 0.4) is 0 Å². The van der Waals surface area contributed by atoms with Crippen molar-refractivity contribution in [3.63, 3.8) is 0 Å². The van der Waals surface area contributed by atoms with Crippen molar-refractivity contribution in [3.05, 3.63) is 101 Å². The number of furan rings is 1. The first-order valence-corrected chi connectivity index (χ1v) is 9.79. The molecule has 4 rings (SSSR count). The monoisotopic (exact) mass is 420 g/mol. The normalized spacial score (nSPS) is 10.7. The van der Waals surface area contributed by atoms with E-state index in [9.17, 15) is 14.9 Å². The number of hydrogen-bond acceptors (Lipinski definition) is 6. The number of amides is 1. The average molecular weight is 420 g/mol. The van der Waals surface area contributed by atoms with Gasteiger partial charge in [0.25, 0.3) is 5.91 Å². The minimum atomic E-state index is -0.518. The van der Waals surface area contributed by atoms with E-state index in [0.29, 0.717) is 11.4 Å². The van der Waals surface area contributed by atoms with Crippen LogP contribution in [0.25, 0.3) is 0 Å². The van der Waals surface area contributed by atoms with Crippen molar-refractivity contribution in [2.24, 2.45) is 0 Å². The molecule has 150 valence electrons. The predicted molar refractivity (Wildman–Crippen MR) is 112 cm³/mol. The first kappa shape index (κ1) is 19.5. The van der Waals surface area contributed by atoms with Crippen LogP contribution in [-0.2, 0) is 6.54 Å². The van der Waals surface area contributed by atoms with Crippen molar-refractivity contribution in [2.45, 2.75) is 16.3 Å². The molecule has 0 fully saturated rings. The zero-order valence-electron chi connectivity index (χ0n) is 15.6. The Morgan fingerprint density at radius 1 is 1.10 bits per heavy atom. The quantitative estimate of drug-likeness (QED) is 0.339. The number of anilines is 1. The molecule has 8 nitrogen and oxygen atoms in total. The number of nitro groups is 1. The van der Waals surface area contributed by atoms with E-state index in [4.69, 9.17) is 4.42 Å². The van der Waals surface area contributed by atoms with Gasteiger partial charge in [-0.1, -0.05) is 42.1 Å². The SMILES string of the molecule is O=C(Nc1ccccc1Sc1ccccc1)c1ccc(Cn2cc([N+](=O)[O-])cn2)o1. The molecule has 0 aliphatic rings. The Labute approximate surface area is 175 Å². The van der Waals surface area contributed by atoms with E-state index in [1.165, 1.54) is 10.9 Å². The third kappa shape index (κ3) is 4.58. The molecule has 0 bridgehead atoms. The van der Waals surface area contributed by atoms with Crippen LogP contribution in [0.15, 0.2) is 93.3 Å². The summed E-state index contributed by atoms with van der Waals surface area (Å²) < 4.78 is 6.98. The Kier molecular flexibility index (Phi) is 5.62. The Bertz CT molecular complexity index is 1190. The number of rotatable bonds is 7. The molecule has 2 heterocycles. The van der Waals surface area contributed by atoms with E-state index in [2.05, 4.69) is 10.4 Å². The number of nitrogens with one attached hydrogen (secondary N) is 1. The number of benzene rings is 2. The summed E-state index contributed by atoms with van der Waals surface area (Å²) in [6.07, 6.45) is 2.47. The zero-order valence-corrected chi connectivity index (χ0v) is 16.4. The highest BCUT2D eigenvalue weighted by Crippen LogP contribution is 2.33. The van der Waals surface area contributed by atoms with E-state index in [-0.39, 0.29) is 23.9 Å². The van der Waals surface area contributed by atoms with Gasteiger partial charge in [0, 0.05) is 9.79 Å². The highest BCUT2D eigenvalue weighted by atomic mass is 32.2. The number of nitrogens with zero attached hydrogens (tertiary/aromatic N) is 3. The molecule has 2 aromatic heterocycles. The first-order chi connectivity index (χ1) is 14.6. The molecule has 1 N–H and O–H groups in total. The summed E-state index contributed by atoms with van der Waals surface area (Å²) in [5, 5.41) is 17.5.